The molecule has 0 heterocycles. The zero-order valence-corrected chi connectivity index (χ0v) is 9.61. The zero-order chi connectivity index (χ0) is 11.1. The molecule has 0 fully saturated rings. The highest BCUT2D eigenvalue weighted by molar-refractivity contribution is 5.18. The van der Waals surface area contributed by atoms with Crippen LogP contribution in [0.1, 0.15) is 38.3 Å². The van der Waals surface area contributed by atoms with Gasteiger partial charge in [0.2, 0.25) is 0 Å². The van der Waals surface area contributed by atoms with E-state index >= 15 is 0 Å². The number of hydrogen-bond donors (Lipinski definition) is 2. The first kappa shape index (κ1) is 12.2. The Balaban J connectivity index is 2.64. The number of benzene rings is 1. The van der Waals surface area contributed by atoms with Gasteiger partial charge in [-0.3, -0.25) is 0 Å². The van der Waals surface area contributed by atoms with Crippen molar-refractivity contribution in [3.63, 3.8) is 0 Å². The van der Waals surface area contributed by atoms with Gasteiger partial charge in [-0.2, -0.15) is 0 Å². The summed E-state index contributed by atoms with van der Waals surface area (Å²) >= 11 is 0. The van der Waals surface area contributed by atoms with Gasteiger partial charge in [0.25, 0.3) is 0 Å². The maximum atomic E-state index is 9.15. The normalized spacial score (nSPS) is 14.9. The Bertz CT molecular complexity index is 256. The third-order valence-electron chi connectivity index (χ3n) is 2.76. The van der Waals surface area contributed by atoms with Crippen LogP contribution in [0.15, 0.2) is 30.3 Å². The van der Waals surface area contributed by atoms with Crippen molar-refractivity contribution in [2.24, 2.45) is 0 Å². The SMILES string of the molecule is CC[C@H](CO)N[C@@H](CC)c1ccccc1. The minimum atomic E-state index is 0.204. The van der Waals surface area contributed by atoms with Gasteiger partial charge in [0, 0.05) is 12.1 Å². The summed E-state index contributed by atoms with van der Waals surface area (Å²) in [4.78, 5) is 0. The number of hydrogen-bond acceptors (Lipinski definition) is 2. The van der Waals surface area contributed by atoms with Crippen LogP contribution in [0.4, 0.5) is 0 Å². The van der Waals surface area contributed by atoms with Crippen molar-refractivity contribution in [2.75, 3.05) is 6.61 Å². The molecule has 0 saturated heterocycles. The molecule has 0 amide bonds. The first-order valence-corrected chi connectivity index (χ1v) is 5.73. The molecule has 0 aromatic heterocycles. The Morgan fingerprint density at radius 2 is 1.80 bits per heavy atom. The van der Waals surface area contributed by atoms with Crippen molar-refractivity contribution < 1.29 is 5.11 Å². The van der Waals surface area contributed by atoms with Crippen molar-refractivity contribution in [3.05, 3.63) is 35.9 Å². The van der Waals surface area contributed by atoms with Crippen molar-refractivity contribution in [1.29, 1.82) is 0 Å². The van der Waals surface area contributed by atoms with Crippen molar-refractivity contribution >= 4 is 0 Å². The average molecular weight is 207 g/mol. The summed E-state index contributed by atoms with van der Waals surface area (Å²) in [5.74, 6) is 0. The first-order valence-electron chi connectivity index (χ1n) is 5.73. The summed E-state index contributed by atoms with van der Waals surface area (Å²) < 4.78 is 0. The van der Waals surface area contributed by atoms with E-state index in [2.05, 4.69) is 43.4 Å². The van der Waals surface area contributed by atoms with E-state index in [1.54, 1.807) is 0 Å². The van der Waals surface area contributed by atoms with E-state index in [4.69, 9.17) is 5.11 Å². The standard InChI is InChI=1S/C13H21NO/c1-3-12(10-15)14-13(4-2)11-8-6-5-7-9-11/h5-9,12-15H,3-4,10H2,1-2H3/t12-,13+/m1/s1. The second-order valence-electron chi connectivity index (χ2n) is 3.83. The average Bonchev–Trinajstić information content (AvgIpc) is 2.32. The van der Waals surface area contributed by atoms with Gasteiger partial charge >= 0.3 is 0 Å². The third kappa shape index (κ3) is 3.65. The molecular weight excluding hydrogens is 186 g/mol. The molecule has 0 aliphatic heterocycles. The molecule has 2 N–H and O–H groups in total. The Hall–Kier alpha value is -0.860. The van der Waals surface area contributed by atoms with E-state index in [0.29, 0.717) is 6.04 Å². The number of nitrogens with one attached hydrogen (secondary N) is 1. The lowest BCUT2D eigenvalue weighted by molar-refractivity contribution is 0.226. The second kappa shape index (κ2) is 6.59. The van der Waals surface area contributed by atoms with Crippen LogP contribution >= 0.6 is 0 Å². The highest BCUT2D eigenvalue weighted by atomic mass is 16.3. The fourth-order valence-electron chi connectivity index (χ4n) is 1.72. The molecule has 15 heavy (non-hydrogen) atoms. The predicted molar refractivity (Wildman–Crippen MR) is 63.8 cm³/mol. The molecule has 1 rings (SSSR count). The largest absolute Gasteiger partial charge is 0.395 e. The van der Waals surface area contributed by atoms with Crippen LogP contribution in [0.3, 0.4) is 0 Å². The number of aliphatic hydroxyl groups is 1. The lowest BCUT2D eigenvalue weighted by Crippen LogP contribution is -2.34. The Kier molecular flexibility index (Phi) is 5.37. The molecule has 0 aliphatic rings. The Morgan fingerprint density at radius 1 is 1.13 bits per heavy atom. The fraction of sp³-hybridized carbons (Fsp3) is 0.538. The second-order valence-corrected chi connectivity index (χ2v) is 3.83. The molecule has 0 unspecified atom stereocenters. The summed E-state index contributed by atoms with van der Waals surface area (Å²) in [6, 6.07) is 11.0. The maximum absolute atomic E-state index is 9.15. The van der Waals surface area contributed by atoms with Crippen LogP contribution in [0.5, 0.6) is 0 Å². The number of rotatable bonds is 6. The van der Waals surface area contributed by atoms with Crippen molar-refractivity contribution in [1.82, 2.24) is 5.32 Å². The summed E-state index contributed by atoms with van der Waals surface area (Å²) in [6.07, 6.45) is 2.00. The van der Waals surface area contributed by atoms with Gasteiger partial charge in [-0.1, -0.05) is 44.2 Å². The smallest absolute Gasteiger partial charge is 0.0584 e. The maximum Gasteiger partial charge on any atom is 0.0584 e. The van der Waals surface area contributed by atoms with E-state index in [9.17, 15) is 0 Å². The van der Waals surface area contributed by atoms with E-state index in [1.807, 2.05) is 6.07 Å². The van der Waals surface area contributed by atoms with Crippen LogP contribution < -0.4 is 5.32 Å². The van der Waals surface area contributed by atoms with Crippen LogP contribution in [0.25, 0.3) is 0 Å². The molecule has 0 aliphatic carbocycles. The molecule has 1 aromatic rings. The molecule has 2 nitrogen and oxygen atoms in total. The van der Waals surface area contributed by atoms with Gasteiger partial charge in [0.15, 0.2) is 0 Å². The molecule has 0 radical (unpaired) electrons. The highest BCUT2D eigenvalue weighted by Gasteiger charge is 2.12. The van der Waals surface area contributed by atoms with Crippen molar-refractivity contribution in [2.45, 2.75) is 38.8 Å². The predicted octanol–water partition coefficient (Wildman–Crippen LogP) is 2.50. The van der Waals surface area contributed by atoms with Crippen molar-refractivity contribution in [3.8, 4) is 0 Å². The fourth-order valence-corrected chi connectivity index (χ4v) is 1.72. The summed E-state index contributed by atoms with van der Waals surface area (Å²) in [7, 11) is 0. The molecule has 2 atom stereocenters. The minimum absolute atomic E-state index is 0.204. The number of aliphatic hydroxyl groups excluding tert-OH is 1. The lowest BCUT2D eigenvalue weighted by atomic mass is 10.0. The summed E-state index contributed by atoms with van der Waals surface area (Å²) in [5, 5.41) is 12.6. The zero-order valence-electron chi connectivity index (χ0n) is 9.61. The minimum Gasteiger partial charge on any atom is -0.395 e. The highest BCUT2D eigenvalue weighted by Crippen LogP contribution is 2.16. The Labute approximate surface area is 92.3 Å². The van der Waals surface area contributed by atoms with Crippen LogP contribution in [0, 0.1) is 0 Å². The lowest BCUT2D eigenvalue weighted by Gasteiger charge is -2.23. The first-order chi connectivity index (χ1) is 7.31. The molecule has 0 saturated carbocycles. The van der Waals surface area contributed by atoms with E-state index in [-0.39, 0.29) is 12.6 Å². The van der Waals surface area contributed by atoms with Crippen LogP contribution in [0.2, 0.25) is 0 Å². The quantitative estimate of drug-likeness (QED) is 0.751. The van der Waals surface area contributed by atoms with Gasteiger partial charge in [-0.05, 0) is 18.4 Å². The van der Waals surface area contributed by atoms with E-state index in [1.165, 1.54) is 5.56 Å². The monoisotopic (exact) mass is 207 g/mol. The molecule has 1 aromatic carbocycles. The van der Waals surface area contributed by atoms with Crippen LogP contribution in [-0.4, -0.2) is 17.8 Å². The molecule has 0 bridgehead atoms. The van der Waals surface area contributed by atoms with Gasteiger partial charge in [0.1, 0.15) is 0 Å². The van der Waals surface area contributed by atoms with Gasteiger partial charge in [0.05, 0.1) is 6.61 Å². The summed E-state index contributed by atoms with van der Waals surface area (Å²) in [5.41, 5.74) is 1.30. The topological polar surface area (TPSA) is 32.3 Å². The summed E-state index contributed by atoms with van der Waals surface area (Å²) in [6.45, 7) is 4.46. The van der Waals surface area contributed by atoms with Gasteiger partial charge < -0.3 is 10.4 Å². The molecule has 84 valence electrons. The Morgan fingerprint density at radius 3 is 2.27 bits per heavy atom. The molecule has 2 heteroatoms. The van der Waals surface area contributed by atoms with E-state index in [0.717, 1.165) is 12.8 Å². The molecule has 0 spiro atoms. The van der Waals surface area contributed by atoms with Gasteiger partial charge in [-0.25, -0.2) is 0 Å². The van der Waals surface area contributed by atoms with E-state index < -0.39 is 0 Å². The molecular formula is C13H21NO. The third-order valence-corrected chi connectivity index (χ3v) is 2.76. The van der Waals surface area contributed by atoms with Gasteiger partial charge in [-0.15, -0.1) is 0 Å². The van der Waals surface area contributed by atoms with Crippen LogP contribution in [-0.2, 0) is 0 Å².